The van der Waals surface area contributed by atoms with Crippen LogP contribution in [0.5, 0.6) is 5.75 Å². The van der Waals surface area contributed by atoms with Gasteiger partial charge in [-0.05, 0) is 74.1 Å². The topological polar surface area (TPSA) is 51.2 Å². The van der Waals surface area contributed by atoms with Gasteiger partial charge in [0.15, 0.2) is 0 Å². The van der Waals surface area contributed by atoms with Crippen molar-refractivity contribution in [1.82, 2.24) is 4.98 Å². The van der Waals surface area contributed by atoms with Crippen LogP contribution in [0.4, 0.5) is 10.1 Å². The standard InChI is InChI=1S/C24H25FN2O2/c1-16(24(28)27-19-10-8-18(25)9-11-19)17-6-12-20(13-7-17)29-23-14-15-26-22-5-3-2-4-21(22)23/h2-5,8-11,14-17,20H,6-7,12-13H2,1H3,(H,27,28)/t16-,17?,20?/m0/s1. The fraction of sp³-hybridized carbons (Fsp3) is 0.333. The molecule has 0 bridgehead atoms. The van der Waals surface area contributed by atoms with Crippen LogP contribution in [0.15, 0.2) is 60.8 Å². The van der Waals surface area contributed by atoms with E-state index in [-0.39, 0.29) is 23.7 Å². The van der Waals surface area contributed by atoms with Crippen molar-refractivity contribution in [3.05, 3.63) is 66.6 Å². The van der Waals surface area contributed by atoms with Gasteiger partial charge in [0.1, 0.15) is 11.6 Å². The van der Waals surface area contributed by atoms with Gasteiger partial charge in [0.05, 0.1) is 11.6 Å². The van der Waals surface area contributed by atoms with Gasteiger partial charge in [0.2, 0.25) is 5.91 Å². The molecule has 4 nitrogen and oxygen atoms in total. The summed E-state index contributed by atoms with van der Waals surface area (Å²) < 4.78 is 19.3. The lowest BCUT2D eigenvalue weighted by atomic mass is 9.79. The first-order valence-electron chi connectivity index (χ1n) is 10.2. The largest absolute Gasteiger partial charge is 0.490 e. The number of halogens is 1. The molecule has 0 spiro atoms. The van der Waals surface area contributed by atoms with Gasteiger partial charge in [-0.15, -0.1) is 0 Å². The Morgan fingerprint density at radius 1 is 1.07 bits per heavy atom. The number of hydrogen-bond acceptors (Lipinski definition) is 3. The number of pyridine rings is 1. The van der Waals surface area contributed by atoms with E-state index < -0.39 is 0 Å². The lowest BCUT2D eigenvalue weighted by molar-refractivity contribution is -0.121. The van der Waals surface area contributed by atoms with Gasteiger partial charge in [-0.3, -0.25) is 9.78 Å². The van der Waals surface area contributed by atoms with Crippen molar-refractivity contribution in [1.29, 1.82) is 0 Å². The fourth-order valence-electron chi connectivity index (χ4n) is 4.06. The molecule has 1 fully saturated rings. The summed E-state index contributed by atoms with van der Waals surface area (Å²) in [6.45, 7) is 1.97. The van der Waals surface area contributed by atoms with E-state index in [0.29, 0.717) is 11.6 Å². The maximum Gasteiger partial charge on any atom is 0.227 e. The smallest absolute Gasteiger partial charge is 0.227 e. The molecular weight excluding hydrogens is 367 g/mol. The second-order valence-electron chi connectivity index (χ2n) is 7.77. The molecule has 1 aromatic heterocycles. The molecule has 1 amide bonds. The highest BCUT2D eigenvalue weighted by Crippen LogP contribution is 2.34. The highest BCUT2D eigenvalue weighted by Gasteiger charge is 2.30. The second kappa shape index (κ2) is 8.60. The molecule has 1 aliphatic rings. The first-order chi connectivity index (χ1) is 14.1. The maximum absolute atomic E-state index is 13.0. The van der Waals surface area contributed by atoms with Crippen molar-refractivity contribution < 1.29 is 13.9 Å². The summed E-state index contributed by atoms with van der Waals surface area (Å²) in [6.07, 6.45) is 5.69. The Bertz CT molecular complexity index is 976. The normalized spacial score (nSPS) is 20.2. The van der Waals surface area contributed by atoms with E-state index in [4.69, 9.17) is 4.74 Å². The van der Waals surface area contributed by atoms with Gasteiger partial charge in [0.25, 0.3) is 0 Å². The number of rotatable bonds is 5. The number of aromatic nitrogens is 1. The molecular formula is C24H25FN2O2. The van der Waals surface area contributed by atoms with Crippen LogP contribution in [0.3, 0.4) is 0 Å². The van der Waals surface area contributed by atoms with Crippen LogP contribution < -0.4 is 10.1 Å². The number of benzene rings is 2. The fourth-order valence-corrected chi connectivity index (χ4v) is 4.06. The zero-order valence-electron chi connectivity index (χ0n) is 16.5. The van der Waals surface area contributed by atoms with Gasteiger partial charge in [-0.1, -0.05) is 19.1 Å². The Balaban J connectivity index is 1.32. The van der Waals surface area contributed by atoms with Crippen molar-refractivity contribution in [3.8, 4) is 5.75 Å². The van der Waals surface area contributed by atoms with Gasteiger partial charge in [0, 0.05) is 23.2 Å². The zero-order chi connectivity index (χ0) is 20.2. The van der Waals surface area contributed by atoms with Crippen molar-refractivity contribution in [2.45, 2.75) is 38.7 Å². The molecule has 29 heavy (non-hydrogen) atoms. The summed E-state index contributed by atoms with van der Waals surface area (Å²) in [5.41, 5.74) is 1.56. The summed E-state index contributed by atoms with van der Waals surface area (Å²) in [7, 11) is 0. The average Bonchev–Trinajstić information content (AvgIpc) is 2.75. The van der Waals surface area contributed by atoms with Crippen molar-refractivity contribution >= 4 is 22.5 Å². The third-order valence-electron chi connectivity index (χ3n) is 5.85. The zero-order valence-corrected chi connectivity index (χ0v) is 16.5. The van der Waals surface area contributed by atoms with Crippen LogP contribution in [0, 0.1) is 17.7 Å². The van der Waals surface area contributed by atoms with Gasteiger partial charge < -0.3 is 10.1 Å². The van der Waals surface area contributed by atoms with Crippen LogP contribution in [0.1, 0.15) is 32.6 Å². The van der Waals surface area contributed by atoms with E-state index in [9.17, 15) is 9.18 Å². The molecule has 3 aromatic rings. The average molecular weight is 392 g/mol. The maximum atomic E-state index is 13.0. The lowest BCUT2D eigenvalue weighted by Crippen LogP contribution is -2.32. The number of ether oxygens (including phenoxy) is 1. The van der Waals surface area contributed by atoms with E-state index in [1.165, 1.54) is 12.1 Å². The summed E-state index contributed by atoms with van der Waals surface area (Å²) in [6, 6.07) is 15.8. The third kappa shape index (κ3) is 4.56. The predicted octanol–water partition coefficient (Wildman–Crippen LogP) is 5.59. The molecule has 1 N–H and O–H groups in total. The van der Waals surface area contributed by atoms with Gasteiger partial charge in [-0.25, -0.2) is 4.39 Å². The minimum atomic E-state index is -0.309. The number of para-hydroxylation sites is 1. The highest BCUT2D eigenvalue weighted by molar-refractivity contribution is 5.92. The van der Waals surface area contributed by atoms with Crippen molar-refractivity contribution in [2.75, 3.05) is 5.32 Å². The molecule has 4 rings (SSSR count). The summed E-state index contributed by atoms with van der Waals surface area (Å²) in [5.74, 6) is 0.783. The molecule has 5 heteroatoms. The Morgan fingerprint density at radius 2 is 1.79 bits per heavy atom. The number of carbonyl (C=O) groups excluding carboxylic acids is 1. The molecule has 0 unspecified atom stereocenters. The molecule has 1 heterocycles. The number of fused-ring (bicyclic) bond motifs is 1. The SMILES string of the molecule is C[C@H](C(=O)Nc1ccc(F)cc1)C1CCC(Oc2ccnc3ccccc23)CC1. The number of carbonyl (C=O) groups is 1. The number of hydrogen-bond donors (Lipinski definition) is 1. The van der Waals surface area contributed by atoms with Gasteiger partial charge in [-0.2, -0.15) is 0 Å². The van der Waals surface area contributed by atoms with Crippen LogP contribution in [-0.4, -0.2) is 17.0 Å². The molecule has 0 aliphatic heterocycles. The number of nitrogens with zero attached hydrogens (tertiary/aromatic N) is 1. The first-order valence-corrected chi connectivity index (χ1v) is 10.2. The monoisotopic (exact) mass is 392 g/mol. The van der Waals surface area contributed by atoms with E-state index >= 15 is 0 Å². The van der Waals surface area contributed by atoms with Crippen molar-refractivity contribution in [2.24, 2.45) is 11.8 Å². The summed E-state index contributed by atoms with van der Waals surface area (Å²) >= 11 is 0. The Hall–Kier alpha value is -2.95. The van der Waals surface area contributed by atoms with Crippen LogP contribution in [0.25, 0.3) is 10.9 Å². The Labute approximate surface area is 170 Å². The molecule has 1 atom stereocenters. The molecule has 1 aliphatic carbocycles. The van der Waals surface area contributed by atoms with Gasteiger partial charge >= 0.3 is 0 Å². The Kier molecular flexibility index (Phi) is 5.74. The molecule has 0 radical (unpaired) electrons. The minimum Gasteiger partial charge on any atom is -0.490 e. The Morgan fingerprint density at radius 3 is 2.55 bits per heavy atom. The third-order valence-corrected chi connectivity index (χ3v) is 5.85. The molecule has 2 aromatic carbocycles. The quantitative estimate of drug-likeness (QED) is 0.616. The van der Waals surface area contributed by atoms with E-state index in [2.05, 4.69) is 10.3 Å². The van der Waals surface area contributed by atoms with Crippen LogP contribution in [0.2, 0.25) is 0 Å². The highest BCUT2D eigenvalue weighted by atomic mass is 19.1. The summed E-state index contributed by atoms with van der Waals surface area (Å²) in [5, 5.41) is 3.93. The van der Waals surface area contributed by atoms with E-state index in [1.54, 1.807) is 18.3 Å². The second-order valence-corrected chi connectivity index (χ2v) is 7.77. The summed E-state index contributed by atoms with van der Waals surface area (Å²) in [4.78, 5) is 17.0. The number of amides is 1. The molecule has 1 saturated carbocycles. The predicted molar refractivity (Wildman–Crippen MR) is 112 cm³/mol. The van der Waals surface area contributed by atoms with Crippen LogP contribution in [-0.2, 0) is 4.79 Å². The van der Waals surface area contributed by atoms with E-state index in [0.717, 1.165) is 42.3 Å². The number of nitrogens with one attached hydrogen (secondary N) is 1. The van der Waals surface area contributed by atoms with Crippen LogP contribution >= 0.6 is 0 Å². The minimum absolute atomic E-state index is 0.0129. The van der Waals surface area contributed by atoms with E-state index in [1.807, 2.05) is 37.3 Å². The lowest BCUT2D eigenvalue weighted by Gasteiger charge is -2.32. The number of anilines is 1. The van der Waals surface area contributed by atoms with Crippen molar-refractivity contribution in [3.63, 3.8) is 0 Å². The molecule has 0 saturated heterocycles. The molecule has 150 valence electrons. The first kappa shape index (κ1) is 19.4.